The number of nitrogens with zero attached hydrogens (tertiary/aromatic N) is 4. The zero-order valence-electron chi connectivity index (χ0n) is 17.9. The molecule has 2 aromatic carbocycles. The average Bonchev–Trinajstić information content (AvgIpc) is 3.46. The predicted molar refractivity (Wildman–Crippen MR) is 128 cm³/mol. The molecule has 0 fully saturated rings. The normalized spacial score (nSPS) is 11.0. The molecule has 0 saturated carbocycles. The summed E-state index contributed by atoms with van der Waals surface area (Å²) in [6, 6.07) is 18.6. The van der Waals surface area contributed by atoms with Gasteiger partial charge in [0.1, 0.15) is 16.9 Å². The highest BCUT2D eigenvalue weighted by Gasteiger charge is 2.18. The number of fused-ring (bicyclic) bond motifs is 1. The van der Waals surface area contributed by atoms with E-state index in [9.17, 15) is 9.59 Å². The number of aromatic nitrogens is 4. The fourth-order valence-electron chi connectivity index (χ4n) is 3.62. The zero-order valence-corrected chi connectivity index (χ0v) is 18.7. The molecular formula is C24H19N5O3S. The van der Waals surface area contributed by atoms with E-state index >= 15 is 0 Å². The SMILES string of the molecule is COc1ccc(-n2ccc(C(=O)Nn3cnc4sc(C)c(-c5ccccc5)c4c3=O)n2)cc1. The van der Waals surface area contributed by atoms with Gasteiger partial charge in [0.2, 0.25) is 0 Å². The molecule has 0 aliphatic carbocycles. The van der Waals surface area contributed by atoms with Gasteiger partial charge in [-0.3, -0.25) is 15.0 Å². The van der Waals surface area contributed by atoms with Crippen molar-refractivity contribution >= 4 is 27.5 Å². The van der Waals surface area contributed by atoms with Crippen LogP contribution in [-0.2, 0) is 0 Å². The Bertz CT molecular complexity index is 1520. The van der Waals surface area contributed by atoms with Crippen molar-refractivity contribution in [2.24, 2.45) is 0 Å². The van der Waals surface area contributed by atoms with Crippen LogP contribution in [0.15, 0.2) is 78.0 Å². The number of carbonyl (C=O) groups excluding carboxylic acids is 1. The largest absolute Gasteiger partial charge is 0.497 e. The Morgan fingerprint density at radius 2 is 1.82 bits per heavy atom. The minimum atomic E-state index is -0.515. The lowest BCUT2D eigenvalue weighted by atomic mass is 10.0. The van der Waals surface area contributed by atoms with Crippen LogP contribution in [-0.4, -0.2) is 32.5 Å². The first-order valence-corrected chi connectivity index (χ1v) is 10.9. The molecule has 3 aromatic heterocycles. The highest BCUT2D eigenvalue weighted by atomic mass is 32.1. The number of thiophene rings is 1. The van der Waals surface area contributed by atoms with Crippen molar-refractivity contribution in [2.75, 3.05) is 12.5 Å². The molecule has 3 heterocycles. The van der Waals surface area contributed by atoms with Gasteiger partial charge in [0.25, 0.3) is 11.5 Å². The molecule has 1 amide bonds. The molecule has 8 nitrogen and oxygen atoms in total. The molecule has 5 aromatic rings. The monoisotopic (exact) mass is 457 g/mol. The zero-order chi connectivity index (χ0) is 22.9. The molecule has 0 aliphatic heterocycles. The van der Waals surface area contributed by atoms with Gasteiger partial charge in [-0.15, -0.1) is 11.3 Å². The number of nitrogens with one attached hydrogen (secondary N) is 1. The van der Waals surface area contributed by atoms with Crippen LogP contribution in [0.1, 0.15) is 15.4 Å². The number of methoxy groups -OCH3 is 1. The maximum absolute atomic E-state index is 13.3. The van der Waals surface area contributed by atoms with Gasteiger partial charge in [-0.2, -0.15) is 5.10 Å². The van der Waals surface area contributed by atoms with Gasteiger partial charge in [0.15, 0.2) is 5.69 Å². The van der Waals surface area contributed by atoms with E-state index in [0.717, 1.165) is 32.1 Å². The minimum Gasteiger partial charge on any atom is -0.497 e. The Morgan fingerprint density at radius 3 is 2.55 bits per heavy atom. The highest BCUT2D eigenvalue weighted by molar-refractivity contribution is 7.19. The summed E-state index contributed by atoms with van der Waals surface area (Å²) in [5.41, 5.74) is 4.97. The van der Waals surface area contributed by atoms with Crippen LogP contribution in [0.4, 0.5) is 0 Å². The van der Waals surface area contributed by atoms with Crippen LogP contribution in [0.5, 0.6) is 5.75 Å². The summed E-state index contributed by atoms with van der Waals surface area (Å²) in [5, 5.41) is 4.81. The Balaban J connectivity index is 1.46. The van der Waals surface area contributed by atoms with E-state index in [1.165, 1.54) is 17.7 Å². The van der Waals surface area contributed by atoms with Crippen molar-refractivity contribution in [3.05, 3.63) is 94.1 Å². The third-order valence-electron chi connectivity index (χ3n) is 5.23. The molecule has 0 spiro atoms. The van der Waals surface area contributed by atoms with E-state index in [2.05, 4.69) is 15.5 Å². The van der Waals surface area contributed by atoms with Crippen LogP contribution < -0.4 is 15.7 Å². The molecule has 164 valence electrons. The van der Waals surface area contributed by atoms with Gasteiger partial charge in [-0.05, 0) is 42.8 Å². The van der Waals surface area contributed by atoms with Gasteiger partial charge in [-0.1, -0.05) is 30.3 Å². The molecule has 9 heteroatoms. The Morgan fingerprint density at radius 1 is 1.06 bits per heavy atom. The maximum atomic E-state index is 13.3. The third kappa shape index (κ3) is 3.79. The fourth-order valence-corrected chi connectivity index (χ4v) is 4.63. The van der Waals surface area contributed by atoms with Crippen LogP contribution >= 0.6 is 11.3 Å². The van der Waals surface area contributed by atoms with E-state index in [0.29, 0.717) is 10.2 Å². The second kappa shape index (κ2) is 8.36. The number of hydrogen-bond acceptors (Lipinski definition) is 6. The molecule has 0 unspecified atom stereocenters. The number of benzene rings is 2. The van der Waals surface area contributed by atoms with Crippen molar-refractivity contribution in [3.63, 3.8) is 0 Å². The van der Waals surface area contributed by atoms with Crippen molar-refractivity contribution in [3.8, 4) is 22.6 Å². The number of carbonyl (C=O) groups is 1. The first-order valence-electron chi connectivity index (χ1n) is 10.1. The third-order valence-corrected chi connectivity index (χ3v) is 6.25. The van der Waals surface area contributed by atoms with E-state index in [1.807, 2.05) is 61.5 Å². The van der Waals surface area contributed by atoms with Crippen LogP contribution in [0.2, 0.25) is 0 Å². The van der Waals surface area contributed by atoms with E-state index in [1.54, 1.807) is 24.1 Å². The summed E-state index contributed by atoms with van der Waals surface area (Å²) in [6.45, 7) is 1.96. The minimum absolute atomic E-state index is 0.169. The first kappa shape index (κ1) is 20.7. The average molecular weight is 458 g/mol. The van der Waals surface area contributed by atoms with Crippen LogP contribution in [0.3, 0.4) is 0 Å². The molecule has 0 saturated heterocycles. The Kier molecular flexibility index (Phi) is 5.23. The summed E-state index contributed by atoms with van der Waals surface area (Å²) in [5.74, 6) is 0.211. The molecule has 33 heavy (non-hydrogen) atoms. The lowest BCUT2D eigenvalue weighted by molar-refractivity contribution is 0.100. The topological polar surface area (TPSA) is 91.0 Å². The summed E-state index contributed by atoms with van der Waals surface area (Å²) in [4.78, 5) is 32.1. The van der Waals surface area contributed by atoms with Crippen molar-refractivity contribution in [2.45, 2.75) is 6.92 Å². The lowest BCUT2D eigenvalue weighted by Crippen LogP contribution is -2.33. The second-order valence-electron chi connectivity index (χ2n) is 7.28. The summed E-state index contributed by atoms with van der Waals surface area (Å²) < 4.78 is 7.85. The fraction of sp³-hybridized carbons (Fsp3) is 0.0833. The summed E-state index contributed by atoms with van der Waals surface area (Å²) >= 11 is 1.45. The summed E-state index contributed by atoms with van der Waals surface area (Å²) in [6.07, 6.45) is 3.00. The smallest absolute Gasteiger partial charge is 0.290 e. The van der Waals surface area contributed by atoms with Gasteiger partial charge in [0.05, 0.1) is 18.2 Å². The first-order chi connectivity index (χ1) is 16.0. The second-order valence-corrected chi connectivity index (χ2v) is 8.49. The number of hydrogen-bond donors (Lipinski definition) is 1. The summed E-state index contributed by atoms with van der Waals surface area (Å²) in [7, 11) is 1.60. The molecular weight excluding hydrogens is 438 g/mol. The number of amides is 1. The van der Waals surface area contributed by atoms with Gasteiger partial charge in [-0.25, -0.2) is 14.3 Å². The quantitative estimate of drug-likeness (QED) is 0.431. The Labute approximate surface area is 192 Å². The van der Waals surface area contributed by atoms with Gasteiger partial charge >= 0.3 is 0 Å². The standard InChI is InChI=1S/C24H19N5O3S/c1-15-20(16-6-4-3-5-7-16)21-23(33-15)25-14-29(24(21)31)27-22(30)19-12-13-28(26-19)17-8-10-18(32-2)11-9-17/h3-14H,1-2H3,(H,27,30). The molecule has 0 aliphatic rings. The molecule has 1 N–H and O–H groups in total. The number of ether oxygens (including phenoxy) is 1. The van der Waals surface area contributed by atoms with E-state index < -0.39 is 5.91 Å². The van der Waals surface area contributed by atoms with Gasteiger partial charge in [0, 0.05) is 16.6 Å². The number of aryl methyl sites for hydroxylation is 1. The van der Waals surface area contributed by atoms with Crippen molar-refractivity contribution in [1.82, 2.24) is 19.4 Å². The molecule has 5 rings (SSSR count). The number of rotatable bonds is 5. The van der Waals surface area contributed by atoms with Gasteiger partial charge < -0.3 is 4.74 Å². The Hall–Kier alpha value is -4.24. The maximum Gasteiger partial charge on any atom is 0.290 e. The van der Waals surface area contributed by atoms with Crippen molar-refractivity contribution < 1.29 is 9.53 Å². The molecule has 0 bridgehead atoms. The van der Waals surface area contributed by atoms with E-state index in [4.69, 9.17) is 4.74 Å². The molecule has 0 radical (unpaired) electrons. The van der Waals surface area contributed by atoms with Crippen molar-refractivity contribution in [1.29, 1.82) is 0 Å². The molecule has 0 atom stereocenters. The predicted octanol–water partition coefficient (Wildman–Crippen LogP) is 4.01. The van der Waals surface area contributed by atoms with Crippen LogP contribution in [0, 0.1) is 6.92 Å². The van der Waals surface area contributed by atoms with Crippen LogP contribution in [0.25, 0.3) is 27.0 Å². The highest BCUT2D eigenvalue weighted by Crippen LogP contribution is 2.35. The lowest BCUT2D eigenvalue weighted by Gasteiger charge is -2.07. The van der Waals surface area contributed by atoms with E-state index in [-0.39, 0.29) is 11.3 Å².